The van der Waals surface area contributed by atoms with Gasteiger partial charge in [-0.25, -0.2) is 14.2 Å². The molecule has 4 aromatic rings. The van der Waals surface area contributed by atoms with E-state index >= 15 is 4.39 Å². The van der Waals surface area contributed by atoms with E-state index in [0.717, 1.165) is 28.1 Å². The number of benzene rings is 1. The Hall–Kier alpha value is -3.83. The number of pyridine rings is 1. The zero-order chi connectivity index (χ0) is 30.7. The van der Waals surface area contributed by atoms with Crippen molar-refractivity contribution in [3.63, 3.8) is 0 Å². The van der Waals surface area contributed by atoms with Crippen LogP contribution in [0, 0.1) is 11.7 Å². The lowest BCUT2D eigenvalue weighted by Gasteiger charge is -2.27. The quantitative estimate of drug-likeness (QED) is 0.172. The third-order valence-corrected chi connectivity index (χ3v) is 8.22. The first kappa shape index (κ1) is 30.6. The van der Waals surface area contributed by atoms with Gasteiger partial charge in [0.1, 0.15) is 23.0 Å². The molecule has 0 bridgehead atoms. The Bertz CT molecular complexity index is 1620. The minimum atomic E-state index is -0.622. The van der Waals surface area contributed by atoms with Gasteiger partial charge < -0.3 is 23.7 Å². The second kappa shape index (κ2) is 12.8. The number of aromatic nitrogens is 3. The van der Waals surface area contributed by atoms with Gasteiger partial charge in [0.2, 0.25) is 0 Å². The summed E-state index contributed by atoms with van der Waals surface area (Å²) < 4.78 is 34.5. The number of hydrogen-bond acceptors (Lipinski definition) is 8. The molecule has 3 aromatic heterocycles. The van der Waals surface area contributed by atoms with Crippen LogP contribution in [0.2, 0.25) is 0 Å². The van der Waals surface area contributed by atoms with E-state index in [1.165, 1.54) is 17.4 Å². The van der Waals surface area contributed by atoms with Crippen LogP contribution in [-0.2, 0) is 34.3 Å². The molecule has 1 aliphatic rings. The summed E-state index contributed by atoms with van der Waals surface area (Å²) in [4.78, 5) is 36.6. The van der Waals surface area contributed by atoms with Crippen LogP contribution in [-0.4, -0.2) is 57.2 Å². The highest BCUT2D eigenvalue weighted by Gasteiger charge is 2.25. The molecule has 228 valence electrons. The number of thiophene rings is 1. The highest BCUT2D eigenvalue weighted by molar-refractivity contribution is 7.22. The Labute approximate surface area is 254 Å². The number of imidazole rings is 1. The topological polar surface area (TPSA) is 95.8 Å². The lowest BCUT2D eigenvalue weighted by atomic mass is 10.0. The van der Waals surface area contributed by atoms with Gasteiger partial charge in [-0.15, -0.1) is 11.3 Å². The fourth-order valence-electron chi connectivity index (χ4n) is 4.68. The van der Waals surface area contributed by atoms with E-state index in [0.29, 0.717) is 54.7 Å². The number of Topliss-reactive ketones (excluding diaryl/α,β-unsaturated/α-hetero) is 1. The minimum Gasteiger partial charge on any atom is -0.453 e. The molecule has 43 heavy (non-hydrogen) atoms. The van der Waals surface area contributed by atoms with Gasteiger partial charge in [0, 0.05) is 45.8 Å². The molecule has 0 radical (unpaired) electrons. The van der Waals surface area contributed by atoms with Gasteiger partial charge in [-0.3, -0.25) is 9.78 Å². The fourth-order valence-corrected chi connectivity index (χ4v) is 5.78. The molecule has 1 fully saturated rings. The summed E-state index contributed by atoms with van der Waals surface area (Å²) >= 11 is 1.44. The fraction of sp³-hybridized carbons (Fsp3) is 0.438. The molecular weight excluding hydrogens is 571 g/mol. The van der Waals surface area contributed by atoms with Crippen LogP contribution in [0.3, 0.4) is 0 Å². The van der Waals surface area contributed by atoms with E-state index in [-0.39, 0.29) is 18.0 Å². The summed E-state index contributed by atoms with van der Waals surface area (Å²) in [5.74, 6) is 1.39. The van der Waals surface area contributed by atoms with Crippen LogP contribution in [0.25, 0.3) is 20.9 Å². The first-order chi connectivity index (χ1) is 20.5. The van der Waals surface area contributed by atoms with Crippen molar-refractivity contribution in [1.29, 1.82) is 0 Å². The zero-order valence-electron chi connectivity index (χ0n) is 25.2. The molecule has 1 amide bonds. The zero-order valence-corrected chi connectivity index (χ0v) is 26.0. The molecule has 1 aliphatic carbocycles. The number of carbonyl (C=O) groups is 2. The maximum absolute atomic E-state index is 15.0. The normalized spacial score (nSPS) is 13.3. The molecular formula is C32H37FN4O5S. The summed E-state index contributed by atoms with van der Waals surface area (Å²) in [6, 6.07) is 8.31. The van der Waals surface area contributed by atoms with Crippen molar-refractivity contribution in [3.05, 3.63) is 59.8 Å². The lowest BCUT2D eigenvalue weighted by molar-refractivity contribution is -0.118. The molecule has 0 atom stereocenters. The van der Waals surface area contributed by atoms with Crippen molar-refractivity contribution in [2.75, 3.05) is 20.3 Å². The van der Waals surface area contributed by atoms with E-state index in [1.807, 2.05) is 38.5 Å². The number of halogens is 1. The Morgan fingerprint density at radius 1 is 1.14 bits per heavy atom. The van der Waals surface area contributed by atoms with Crippen molar-refractivity contribution in [2.45, 2.75) is 58.6 Å². The Morgan fingerprint density at radius 3 is 2.63 bits per heavy atom. The molecule has 0 aliphatic heterocycles. The van der Waals surface area contributed by atoms with Crippen LogP contribution in [0.1, 0.15) is 51.3 Å². The van der Waals surface area contributed by atoms with Gasteiger partial charge in [-0.2, -0.15) is 0 Å². The van der Waals surface area contributed by atoms with Crippen LogP contribution in [0.5, 0.6) is 11.5 Å². The molecule has 1 saturated carbocycles. The predicted octanol–water partition coefficient (Wildman–Crippen LogP) is 6.92. The molecule has 0 spiro atoms. The molecule has 0 unspecified atom stereocenters. The maximum atomic E-state index is 15.0. The third kappa shape index (κ3) is 7.77. The van der Waals surface area contributed by atoms with Crippen molar-refractivity contribution in [1.82, 2.24) is 19.4 Å². The largest absolute Gasteiger partial charge is 0.453 e. The summed E-state index contributed by atoms with van der Waals surface area (Å²) in [7, 11) is 3.48. The number of carbonyl (C=O) groups excluding carboxylic acids is 2. The summed E-state index contributed by atoms with van der Waals surface area (Å²) in [6.45, 7) is 6.53. The van der Waals surface area contributed by atoms with Crippen molar-refractivity contribution < 1.29 is 28.2 Å². The number of hydrogen-bond donors (Lipinski definition) is 0. The number of fused-ring (bicyclic) bond motifs is 1. The van der Waals surface area contributed by atoms with Crippen molar-refractivity contribution in [3.8, 4) is 22.2 Å². The molecule has 0 saturated heterocycles. The molecule has 0 N–H and O–H groups in total. The molecule has 3 heterocycles. The molecule has 1 aromatic carbocycles. The van der Waals surface area contributed by atoms with E-state index in [4.69, 9.17) is 14.2 Å². The summed E-state index contributed by atoms with van der Waals surface area (Å²) in [5.41, 5.74) is 1.53. The van der Waals surface area contributed by atoms with Crippen LogP contribution >= 0.6 is 11.3 Å². The smallest absolute Gasteiger partial charge is 0.410 e. The SMILES string of the molecule is COCCN(Cc1cnc(-c2cc3nccc(Oc4ccc(CC(=O)CC5CC5)cc4F)c3s2)n1C)C(=O)OC(C)(C)C. The average molecular weight is 609 g/mol. The molecule has 9 nitrogen and oxygen atoms in total. The second-order valence-corrected chi connectivity index (χ2v) is 12.9. The summed E-state index contributed by atoms with van der Waals surface area (Å²) in [5, 5.41) is 0. The minimum absolute atomic E-state index is 0.0819. The van der Waals surface area contributed by atoms with Crippen molar-refractivity contribution in [2.24, 2.45) is 13.0 Å². The number of rotatable bonds is 12. The first-order valence-electron chi connectivity index (χ1n) is 14.3. The van der Waals surface area contributed by atoms with Crippen LogP contribution < -0.4 is 4.74 Å². The average Bonchev–Trinajstić information content (AvgIpc) is 3.51. The van der Waals surface area contributed by atoms with Gasteiger partial charge >= 0.3 is 6.09 Å². The number of nitrogens with zero attached hydrogens (tertiary/aromatic N) is 4. The van der Waals surface area contributed by atoms with Gasteiger partial charge in [-0.1, -0.05) is 6.07 Å². The van der Waals surface area contributed by atoms with Gasteiger partial charge in [0.25, 0.3) is 0 Å². The van der Waals surface area contributed by atoms with E-state index in [9.17, 15) is 9.59 Å². The Balaban J connectivity index is 1.34. The first-order valence-corrected chi connectivity index (χ1v) is 15.2. The van der Waals surface area contributed by atoms with E-state index in [1.54, 1.807) is 42.6 Å². The van der Waals surface area contributed by atoms with Gasteiger partial charge in [-0.05, 0) is 63.3 Å². The monoisotopic (exact) mass is 608 g/mol. The second-order valence-electron chi connectivity index (χ2n) is 11.9. The van der Waals surface area contributed by atoms with Gasteiger partial charge in [0.15, 0.2) is 11.6 Å². The maximum Gasteiger partial charge on any atom is 0.410 e. The molecule has 11 heteroatoms. The Morgan fingerprint density at radius 2 is 1.93 bits per heavy atom. The molecule has 5 rings (SSSR count). The third-order valence-electron chi connectivity index (χ3n) is 7.08. The summed E-state index contributed by atoms with van der Waals surface area (Å²) in [6.07, 6.45) is 5.96. The van der Waals surface area contributed by atoms with Gasteiger partial charge in [0.05, 0.1) is 40.1 Å². The standard InChI is InChI=1S/C32H37FN4O5S/c1-32(2,3)42-31(39)37(12-13-40-5)19-22-18-35-30(36(22)4)28-17-25-29(43-28)27(10-11-34-25)41-26-9-8-21(16-24(26)33)15-23(38)14-20-6-7-20/h8-11,16-18,20H,6-7,12-15,19H2,1-5H3. The predicted molar refractivity (Wildman–Crippen MR) is 163 cm³/mol. The highest BCUT2D eigenvalue weighted by atomic mass is 32.1. The Kier molecular flexibility index (Phi) is 9.12. The van der Waals surface area contributed by atoms with E-state index < -0.39 is 17.5 Å². The lowest BCUT2D eigenvalue weighted by Crippen LogP contribution is -2.38. The highest BCUT2D eigenvalue weighted by Crippen LogP contribution is 2.39. The van der Waals surface area contributed by atoms with Crippen LogP contribution in [0.4, 0.5) is 9.18 Å². The number of ether oxygens (including phenoxy) is 3. The van der Waals surface area contributed by atoms with Crippen LogP contribution in [0.15, 0.2) is 42.7 Å². The number of methoxy groups -OCH3 is 1. The van der Waals surface area contributed by atoms with E-state index in [2.05, 4.69) is 9.97 Å². The van der Waals surface area contributed by atoms with Crippen molar-refractivity contribution >= 4 is 33.4 Å². The number of amides is 1. The number of ketones is 1.